The van der Waals surface area contributed by atoms with Crippen LogP contribution in [-0.4, -0.2) is 23.0 Å². The molecule has 0 radical (unpaired) electrons. The highest BCUT2D eigenvalue weighted by molar-refractivity contribution is 5.96. The van der Waals surface area contributed by atoms with Crippen molar-refractivity contribution < 1.29 is 19.1 Å². The van der Waals surface area contributed by atoms with Gasteiger partial charge in [-0.15, -0.1) is 0 Å². The first-order valence-electron chi connectivity index (χ1n) is 5.75. The number of carbonyl (C=O) groups is 2. The molecule has 0 spiro atoms. The van der Waals surface area contributed by atoms with Gasteiger partial charge in [0, 0.05) is 6.04 Å². The van der Waals surface area contributed by atoms with Gasteiger partial charge < -0.3 is 16.2 Å². The SMILES string of the molecule is NC1C=CC(C(=O)Nc2cc(C(=O)O)ccc2F)C1. The van der Waals surface area contributed by atoms with Crippen LogP contribution in [0.4, 0.5) is 10.1 Å². The normalized spacial score (nSPS) is 21.4. The van der Waals surface area contributed by atoms with E-state index in [1.807, 2.05) is 0 Å². The van der Waals surface area contributed by atoms with Crippen LogP contribution in [0.25, 0.3) is 0 Å². The topological polar surface area (TPSA) is 92.4 Å². The number of carbonyl (C=O) groups excluding carboxylic acids is 1. The van der Waals surface area contributed by atoms with Crippen molar-refractivity contribution in [1.82, 2.24) is 0 Å². The molecule has 2 atom stereocenters. The van der Waals surface area contributed by atoms with Gasteiger partial charge in [-0.2, -0.15) is 0 Å². The fourth-order valence-corrected chi connectivity index (χ4v) is 1.90. The van der Waals surface area contributed by atoms with E-state index in [1.165, 1.54) is 0 Å². The van der Waals surface area contributed by atoms with Crippen LogP contribution in [0.15, 0.2) is 30.4 Å². The van der Waals surface area contributed by atoms with Crippen LogP contribution in [0, 0.1) is 11.7 Å². The van der Waals surface area contributed by atoms with Crippen LogP contribution in [0.3, 0.4) is 0 Å². The van der Waals surface area contributed by atoms with Crippen LogP contribution in [0.2, 0.25) is 0 Å². The third-order valence-corrected chi connectivity index (χ3v) is 2.92. The third-order valence-electron chi connectivity index (χ3n) is 2.92. The molecule has 2 unspecified atom stereocenters. The smallest absolute Gasteiger partial charge is 0.335 e. The van der Waals surface area contributed by atoms with E-state index in [0.717, 1.165) is 18.2 Å². The zero-order valence-electron chi connectivity index (χ0n) is 9.97. The summed E-state index contributed by atoms with van der Waals surface area (Å²) in [5, 5.41) is 11.2. The largest absolute Gasteiger partial charge is 0.478 e. The van der Waals surface area contributed by atoms with Crippen molar-refractivity contribution >= 4 is 17.6 Å². The van der Waals surface area contributed by atoms with E-state index in [1.54, 1.807) is 12.2 Å². The Morgan fingerprint density at radius 3 is 2.68 bits per heavy atom. The number of benzene rings is 1. The van der Waals surface area contributed by atoms with Crippen LogP contribution in [0.1, 0.15) is 16.8 Å². The van der Waals surface area contributed by atoms with Crippen molar-refractivity contribution in [1.29, 1.82) is 0 Å². The molecule has 0 saturated heterocycles. The Labute approximate surface area is 108 Å². The highest BCUT2D eigenvalue weighted by Crippen LogP contribution is 2.21. The van der Waals surface area contributed by atoms with Crippen molar-refractivity contribution in [2.75, 3.05) is 5.32 Å². The number of nitrogens with one attached hydrogen (secondary N) is 1. The minimum Gasteiger partial charge on any atom is -0.478 e. The summed E-state index contributed by atoms with van der Waals surface area (Å²) in [5.41, 5.74) is 5.40. The monoisotopic (exact) mass is 264 g/mol. The molecule has 1 aromatic rings. The lowest BCUT2D eigenvalue weighted by Gasteiger charge is -2.11. The Morgan fingerprint density at radius 2 is 2.11 bits per heavy atom. The molecule has 1 aliphatic rings. The van der Waals surface area contributed by atoms with Gasteiger partial charge in [0.05, 0.1) is 17.2 Å². The number of hydrogen-bond donors (Lipinski definition) is 3. The number of halogens is 1. The molecular weight excluding hydrogens is 251 g/mol. The van der Waals surface area contributed by atoms with Gasteiger partial charge in [0.15, 0.2) is 0 Å². The second-order valence-electron chi connectivity index (χ2n) is 4.38. The Morgan fingerprint density at radius 1 is 1.37 bits per heavy atom. The quantitative estimate of drug-likeness (QED) is 0.719. The Bertz CT molecular complexity index is 557. The lowest BCUT2D eigenvalue weighted by Crippen LogP contribution is -2.24. The summed E-state index contributed by atoms with van der Waals surface area (Å²) < 4.78 is 13.5. The van der Waals surface area contributed by atoms with E-state index in [-0.39, 0.29) is 17.3 Å². The standard InChI is InChI=1S/C13H13FN2O3/c14-10-4-2-8(13(18)19)6-11(10)16-12(17)7-1-3-9(15)5-7/h1-4,6-7,9H,5,15H2,(H,16,17)(H,18,19). The van der Waals surface area contributed by atoms with Gasteiger partial charge in [-0.1, -0.05) is 12.2 Å². The molecule has 0 aliphatic heterocycles. The van der Waals surface area contributed by atoms with Crippen molar-refractivity contribution in [2.24, 2.45) is 11.7 Å². The number of aromatic carboxylic acids is 1. The van der Waals surface area contributed by atoms with E-state index < -0.39 is 23.6 Å². The van der Waals surface area contributed by atoms with E-state index in [2.05, 4.69) is 5.32 Å². The average molecular weight is 264 g/mol. The number of amides is 1. The summed E-state index contributed by atoms with van der Waals surface area (Å²) >= 11 is 0. The second kappa shape index (κ2) is 5.19. The highest BCUT2D eigenvalue weighted by atomic mass is 19.1. The number of rotatable bonds is 3. The van der Waals surface area contributed by atoms with Crippen LogP contribution in [0.5, 0.6) is 0 Å². The highest BCUT2D eigenvalue weighted by Gasteiger charge is 2.23. The summed E-state index contributed by atoms with van der Waals surface area (Å²) in [6.07, 6.45) is 3.85. The van der Waals surface area contributed by atoms with Gasteiger partial charge >= 0.3 is 5.97 Å². The lowest BCUT2D eigenvalue weighted by molar-refractivity contribution is -0.118. The molecule has 5 nitrogen and oxygen atoms in total. The number of carboxylic acid groups (broad SMARTS) is 1. The first-order chi connectivity index (χ1) is 8.97. The number of carboxylic acids is 1. The molecular formula is C13H13FN2O3. The van der Waals surface area contributed by atoms with Gasteiger partial charge in [-0.25, -0.2) is 9.18 Å². The number of nitrogens with two attached hydrogens (primary N) is 1. The minimum atomic E-state index is -1.18. The average Bonchev–Trinajstić information content (AvgIpc) is 2.78. The number of hydrogen-bond acceptors (Lipinski definition) is 3. The molecule has 1 amide bonds. The van der Waals surface area contributed by atoms with Gasteiger partial charge in [0.25, 0.3) is 0 Å². The van der Waals surface area contributed by atoms with E-state index in [4.69, 9.17) is 10.8 Å². The zero-order valence-corrected chi connectivity index (χ0v) is 9.97. The third kappa shape index (κ3) is 2.97. The Hall–Kier alpha value is -2.21. The van der Waals surface area contributed by atoms with E-state index in [9.17, 15) is 14.0 Å². The minimum absolute atomic E-state index is 0.0876. The second-order valence-corrected chi connectivity index (χ2v) is 4.38. The molecule has 0 aromatic heterocycles. The maximum atomic E-state index is 13.5. The van der Waals surface area contributed by atoms with Gasteiger partial charge in [0.2, 0.25) is 5.91 Å². The molecule has 19 heavy (non-hydrogen) atoms. The molecule has 0 heterocycles. The van der Waals surface area contributed by atoms with Gasteiger partial charge in [0.1, 0.15) is 5.82 Å². The van der Waals surface area contributed by atoms with Crippen LogP contribution in [-0.2, 0) is 4.79 Å². The first kappa shape index (κ1) is 13.2. The summed E-state index contributed by atoms with van der Waals surface area (Å²) in [4.78, 5) is 22.6. The maximum Gasteiger partial charge on any atom is 0.335 e. The van der Waals surface area contributed by atoms with Crippen LogP contribution < -0.4 is 11.1 Å². The van der Waals surface area contributed by atoms with Crippen molar-refractivity contribution in [2.45, 2.75) is 12.5 Å². The fourth-order valence-electron chi connectivity index (χ4n) is 1.90. The predicted molar refractivity (Wildman–Crippen MR) is 67.2 cm³/mol. The molecule has 6 heteroatoms. The zero-order chi connectivity index (χ0) is 14.0. The lowest BCUT2D eigenvalue weighted by atomic mass is 10.1. The summed E-state index contributed by atoms with van der Waals surface area (Å²) in [6, 6.07) is 3.06. The molecule has 0 saturated carbocycles. The predicted octanol–water partition coefficient (Wildman–Crippen LogP) is 1.37. The fraction of sp³-hybridized carbons (Fsp3) is 0.231. The molecule has 4 N–H and O–H groups in total. The maximum absolute atomic E-state index is 13.5. The summed E-state index contributed by atoms with van der Waals surface area (Å²) in [6.45, 7) is 0. The number of anilines is 1. The van der Waals surface area contributed by atoms with E-state index in [0.29, 0.717) is 6.42 Å². The summed E-state index contributed by atoms with van der Waals surface area (Å²) in [5.74, 6) is -2.67. The summed E-state index contributed by atoms with van der Waals surface area (Å²) in [7, 11) is 0. The van der Waals surface area contributed by atoms with Gasteiger partial charge in [-0.05, 0) is 24.6 Å². The van der Waals surface area contributed by atoms with E-state index >= 15 is 0 Å². The molecule has 100 valence electrons. The van der Waals surface area contributed by atoms with Crippen LogP contribution >= 0.6 is 0 Å². The molecule has 1 aliphatic carbocycles. The molecule has 0 bridgehead atoms. The Balaban J connectivity index is 2.14. The van der Waals surface area contributed by atoms with Crippen molar-refractivity contribution in [3.8, 4) is 0 Å². The molecule has 1 aromatic carbocycles. The van der Waals surface area contributed by atoms with Gasteiger partial charge in [-0.3, -0.25) is 4.79 Å². The Kier molecular flexibility index (Phi) is 3.62. The molecule has 2 rings (SSSR count). The van der Waals surface area contributed by atoms with Crippen molar-refractivity contribution in [3.63, 3.8) is 0 Å². The molecule has 0 fully saturated rings. The first-order valence-corrected chi connectivity index (χ1v) is 5.75. The van der Waals surface area contributed by atoms with Crippen molar-refractivity contribution in [3.05, 3.63) is 41.7 Å².